The number of hydrogen-bond donors (Lipinski definition) is 2. The summed E-state index contributed by atoms with van der Waals surface area (Å²) in [5.74, 6) is 0.879. The first-order chi connectivity index (χ1) is 7.69. The molecular weight excluding hydrogens is 270 g/mol. The number of hydrogen-bond acceptors (Lipinski definition) is 3. The second-order valence-corrected chi connectivity index (χ2v) is 5.16. The third-order valence-electron chi connectivity index (χ3n) is 3.05. The summed E-state index contributed by atoms with van der Waals surface area (Å²) >= 11 is 3.45. The van der Waals surface area contributed by atoms with Gasteiger partial charge in [0.05, 0.1) is 13.7 Å². The number of ether oxygens (including phenoxy) is 1. The third kappa shape index (κ3) is 2.56. The molecule has 1 aliphatic carbocycles. The minimum Gasteiger partial charge on any atom is -0.496 e. The molecule has 0 atom stereocenters. The van der Waals surface area contributed by atoms with Crippen LogP contribution >= 0.6 is 15.9 Å². The largest absolute Gasteiger partial charge is 0.496 e. The molecule has 1 aromatic carbocycles. The summed E-state index contributed by atoms with van der Waals surface area (Å²) in [7, 11) is 1.67. The minimum absolute atomic E-state index is 0.0344. The zero-order chi connectivity index (χ0) is 11.6. The Morgan fingerprint density at radius 3 is 2.81 bits per heavy atom. The average molecular weight is 286 g/mol. The van der Waals surface area contributed by atoms with E-state index >= 15 is 0 Å². The van der Waals surface area contributed by atoms with Gasteiger partial charge in [-0.25, -0.2) is 0 Å². The molecule has 16 heavy (non-hydrogen) atoms. The van der Waals surface area contributed by atoms with Gasteiger partial charge in [0.2, 0.25) is 0 Å². The van der Waals surface area contributed by atoms with Crippen LogP contribution in [0.5, 0.6) is 5.75 Å². The molecule has 3 nitrogen and oxygen atoms in total. The van der Waals surface area contributed by atoms with Gasteiger partial charge in [0.1, 0.15) is 5.75 Å². The van der Waals surface area contributed by atoms with Gasteiger partial charge in [0.15, 0.2) is 0 Å². The summed E-state index contributed by atoms with van der Waals surface area (Å²) in [6.07, 6.45) is 2.11. The summed E-state index contributed by atoms with van der Waals surface area (Å²) in [6, 6.07) is 5.94. The highest BCUT2D eigenvalue weighted by molar-refractivity contribution is 9.10. The van der Waals surface area contributed by atoms with Crippen molar-refractivity contribution in [2.75, 3.05) is 13.7 Å². The average Bonchev–Trinajstić information content (AvgIpc) is 3.07. The predicted octanol–water partition coefficient (Wildman–Crippen LogP) is 2.07. The first-order valence-corrected chi connectivity index (χ1v) is 6.17. The van der Waals surface area contributed by atoms with Crippen molar-refractivity contribution >= 4 is 15.9 Å². The van der Waals surface area contributed by atoms with Crippen LogP contribution in [0.2, 0.25) is 0 Å². The van der Waals surface area contributed by atoms with E-state index in [1.165, 1.54) is 0 Å². The Balaban J connectivity index is 2.05. The summed E-state index contributed by atoms with van der Waals surface area (Å²) in [5.41, 5.74) is 1.07. The Morgan fingerprint density at radius 2 is 2.25 bits per heavy atom. The van der Waals surface area contributed by atoms with Crippen molar-refractivity contribution < 1.29 is 9.84 Å². The van der Waals surface area contributed by atoms with Gasteiger partial charge in [-0.05, 0) is 31.0 Å². The Kier molecular flexibility index (Phi) is 3.52. The fourth-order valence-corrected chi connectivity index (χ4v) is 2.12. The van der Waals surface area contributed by atoms with Crippen molar-refractivity contribution in [2.45, 2.75) is 24.9 Å². The van der Waals surface area contributed by atoms with Crippen LogP contribution in [0.15, 0.2) is 22.7 Å². The SMILES string of the molecule is COc1ccc(Br)cc1CNC1(CO)CC1. The Bertz CT molecular complexity index is 377. The van der Waals surface area contributed by atoms with E-state index in [1.807, 2.05) is 18.2 Å². The number of benzene rings is 1. The molecule has 88 valence electrons. The molecule has 1 fully saturated rings. The fraction of sp³-hybridized carbons (Fsp3) is 0.500. The maximum Gasteiger partial charge on any atom is 0.123 e. The van der Waals surface area contributed by atoms with Crippen molar-refractivity contribution in [2.24, 2.45) is 0 Å². The van der Waals surface area contributed by atoms with E-state index in [1.54, 1.807) is 7.11 Å². The summed E-state index contributed by atoms with van der Waals surface area (Å²) < 4.78 is 6.34. The van der Waals surface area contributed by atoms with Gasteiger partial charge in [-0.1, -0.05) is 15.9 Å². The van der Waals surface area contributed by atoms with Crippen LogP contribution in [0.3, 0.4) is 0 Å². The van der Waals surface area contributed by atoms with Gasteiger partial charge in [0, 0.05) is 22.1 Å². The van der Waals surface area contributed by atoms with Crippen molar-refractivity contribution in [1.82, 2.24) is 5.32 Å². The highest BCUT2D eigenvalue weighted by atomic mass is 79.9. The molecule has 0 spiro atoms. The Morgan fingerprint density at radius 1 is 1.50 bits per heavy atom. The zero-order valence-corrected chi connectivity index (χ0v) is 10.9. The number of methoxy groups -OCH3 is 1. The standard InChI is InChI=1S/C12H16BrNO2/c1-16-11-3-2-10(13)6-9(11)7-14-12(8-15)4-5-12/h2-3,6,14-15H,4-5,7-8H2,1H3. The lowest BCUT2D eigenvalue weighted by Crippen LogP contribution is -2.34. The summed E-state index contributed by atoms with van der Waals surface area (Å²) in [4.78, 5) is 0. The van der Waals surface area contributed by atoms with Crippen LogP contribution in [-0.4, -0.2) is 24.4 Å². The van der Waals surface area contributed by atoms with E-state index < -0.39 is 0 Å². The maximum absolute atomic E-state index is 9.21. The first kappa shape index (κ1) is 11.9. The number of halogens is 1. The van der Waals surface area contributed by atoms with E-state index in [-0.39, 0.29) is 12.1 Å². The van der Waals surface area contributed by atoms with Gasteiger partial charge >= 0.3 is 0 Å². The molecule has 1 aliphatic rings. The van der Waals surface area contributed by atoms with Crippen molar-refractivity contribution in [3.05, 3.63) is 28.2 Å². The number of nitrogens with one attached hydrogen (secondary N) is 1. The lowest BCUT2D eigenvalue weighted by molar-refractivity contribution is 0.229. The quantitative estimate of drug-likeness (QED) is 0.870. The lowest BCUT2D eigenvalue weighted by atomic mass is 10.2. The number of aliphatic hydroxyl groups excluding tert-OH is 1. The van der Waals surface area contributed by atoms with Gasteiger partial charge in [-0.15, -0.1) is 0 Å². The van der Waals surface area contributed by atoms with Crippen molar-refractivity contribution in [1.29, 1.82) is 0 Å². The maximum atomic E-state index is 9.21. The second kappa shape index (κ2) is 4.73. The molecule has 2 N–H and O–H groups in total. The summed E-state index contributed by atoms with van der Waals surface area (Å²) in [5, 5.41) is 12.6. The number of aliphatic hydroxyl groups is 1. The smallest absolute Gasteiger partial charge is 0.123 e. The normalized spacial score (nSPS) is 17.2. The van der Waals surface area contributed by atoms with Crippen LogP contribution in [0.25, 0.3) is 0 Å². The van der Waals surface area contributed by atoms with Gasteiger partial charge in [-0.2, -0.15) is 0 Å². The van der Waals surface area contributed by atoms with E-state index in [9.17, 15) is 5.11 Å². The van der Waals surface area contributed by atoms with Crippen LogP contribution < -0.4 is 10.1 Å². The van der Waals surface area contributed by atoms with E-state index in [0.717, 1.165) is 35.2 Å². The van der Waals surface area contributed by atoms with Crippen LogP contribution in [0.1, 0.15) is 18.4 Å². The van der Waals surface area contributed by atoms with Crippen LogP contribution in [0, 0.1) is 0 Å². The topological polar surface area (TPSA) is 41.5 Å². The van der Waals surface area contributed by atoms with Crippen molar-refractivity contribution in [3.63, 3.8) is 0 Å². The minimum atomic E-state index is -0.0344. The third-order valence-corrected chi connectivity index (χ3v) is 3.55. The molecule has 2 rings (SSSR count). The van der Waals surface area contributed by atoms with Crippen LogP contribution in [-0.2, 0) is 6.54 Å². The molecule has 0 radical (unpaired) electrons. The van der Waals surface area contributed by atoms with E-state index in [2.05, 4.69) is 21.2 Å². The Hall–Kier alpha value is -0.580. The molecule has 0 heterocycles. The molecule has 0 amide bonds. The first-order valence-electron chi connectivity index (χ1n) is 5.37. The molecule has 0 bridgehead atoms. The molecule has 0 unspecified atom stereocenters. The molecule has 1 saturated carbocycles. The zero-order valence-electron chi connectivity index (χ0n) is 9.29. The highest BCUT2D eigenvalue weighted by Crippen LogP contribution is 2.35. The van der Waals surface area contributed by atoms with Crippen LogP contribution in [0.4, 0.5) is 0 Å². The monoisotopic (exact) mass is 285 g/mol. The van der Waals surface area contributed by atoms with Gasteiger partial charge < -0.3 is 15.2 Å². The van der Waals surface area contributed by atoms with Gasteiger partial charge in [-0.3, -0.25) is 0 Å². The van der Waals surface area contributed by atoms with E-state index in [4.69, 9.17) is 4.74 Å². The molecule has 0 aromatic heterocycles. The predicted molar refractivity (Wildman–Crippen MR) is 66.6 cm³/mol. The molecular formula is C12H16BrNO2. The second-order valence-electron chi connectivity index (χ2n) is 4.25. The summed E-state index contributed by atoms with van der Waals surface area (Å²) in [6.45, 7) is 0.937. The van der Waals surface area contributed by atoms with E-state index in [0.29, 0.717) is 0 Å². The number of rotatable bonds is 5. The lowest BCUT2D eigenvalue weighted by Gasteiger charge is -2.16. The molecule has 0 saturated heterocycles. The highest BCUT2D eigenvalue weighted by Gasteiger charge is 2.41. The van der Waals surface area contributed by atoms with Gasteiger partial charge in [0.25, 0.3) is 0 Å². The van der Waals surface area contributed by atoms with Crippen molar-refractivity contribution in [3.8, 4) is 5.75 Å². The fourth-order valence-electron chi connectivity index (χ4n) is 1.71. The molecule has 4 heteroatoms. The molecule has 0 aliphatic heterocycles. The Labute approximate surface area is 104 Å². The molecule has 1 aromatic rings.